The van der Waals surface area contributed by atoms with Crippen molar-refractivity contribution < 1.29 is 9.13 Å². The lowest BCUT2D eigenvalue weighted by atomic mass is 10.1. The molecular weight excluding hydrogens is 261 g/mol. The van der Waals surface area contributed by atoms with Gasteiger partial charge in [-0.2, -0.15) is 0 Å². The van der Waals surface area contributed by atoms with Crippen LogP contribution in [-0.4, -0.2) is 13.2 Å². The van der Waals surface area contributed by atoms with E-state index in [4.69, 9.17) is 10.5 Å². The number of halogens is 2. The summed E-state index contributed by atoms with van der Waals surface area (Å²) in [7, 11) is 1.54. The number of nitrogens with two attached hydrogens (primary N) is 1. The fraction of sp³-hybridized carbons (Fsp3) is 0.455. The van der Waals surface area contributed by atoms with E-state index >= 15 is 0 Å². The maximum atomic E-state index is 13.6. The third-order valence-electron chi connectivity index (χ3n) is 2.05. The van der Waals surface area contributed by atoms with Crippen LogP contribution in [-0.2, 0) is 17.8 Å². The van der Waals surface area contributed by atoms with Gasteiger partial charge in [-0.15, -0.1) is 0 Å². The molecule has 2 N–H and O–H groups in total. The van der Waals surface area contributed by atoms with Crippen LogP contribution in [0.4, 0.5) is 4.39 Å². The van der Waals surface area contributed by atoms with Gasteiger partial charge in [-0.3, -0.25) is 0 Å². The van der Waals surface area contributed by atoms with Crippen molar-refractivity contribution in [3.05, 3.63) is 33.5 Å². The second-order valence-corrected chi connectivity index (χ2v) is 4.51. The highest BCUT2D eigenvalue weighted by Crippen LogP contribution is 2.23. The highest BCUT2D eigenvalue weighted by atomic mass is 79.9. The quantitative estimate of drug-likeness (QED) is 0.917. The molecule has 0 radical (unpaired) electrons. The van der Waals surface area contributed by atoms with E-state index in [1.807, 2.05) is 13.0 Å². The Balaban J connectivity index is 2.97. The standard InChI is InChI=1S/C11H15BrFNO/c1-7(14)3-8-4-10(12)9(6-15-2)11(13)5-8/h4-5,7H,3,6,14H2,1-2H3. The highest BCUT2D eigenvalue weighted by molar-refractivity contribution is 9.10. The van der Waals surface area contributed by atoms with E-state index < -0.39 is 0 Å². The molecule has 1 aromatic carbocycles. The summed E-state index contributed by atoms with van der Waals surface area (Å²) in [6, 6.07) is 3.44. The number of methoxy groups -OCH3 is 1. The molecule has 1 atom stereocenters. The van der Waals surface area contributed by atoms with Crippen LogP contribution in [0.25, 0.3) is 0 Å². The summed E-state index contributed by atoms with van der Waals surface area (Å²) in [6.07, 6.45) is 0.669. The molecular formula is C11H15BrFNO. The molecule has 0 spiro atoms. The number of benzene rings is 1. The summed E-state index contributed by atoms with van der Waals surface area (Å²) < 4.78 is 19.2. The van der Waals surface area contributed by atoms with Crippen LogP contribution in [0.5, 0.6) is 0 Å². The van der Waals surface area contributed by atoms with Crippen molar-refractivity contribution in [2.75, 3.05) is 7.11 Å². The minimum atomic E-state index is -0.248. The molecule has 4 heteroatoms. The van der Waals surface area contributed by atoms with Gasteiger partial charge in [0, 0.05) is 23.2 Å². The van der Waals surface area contributed by atoms with Crippen molar-refractivity contribution in [3.8, 4) is 0 Å². The van der Waals surface area contributed by atoms with Crippen molar-refractivity contribution in [1.29, 1.82) is 0 Å². The normalized spacial score (nSPS) is 12.9. The van der Waals surface area contributed by atoms with Crippen LogP contribution in [0.1, 0.15) is 18.1 Å². The predicted octanol–water partition coefficient (Wildman–Crippen LogP) is 2.62. The van der Waals surface area contributed by atoms with Gasteiger partial charge in [-0.1, -0.05) is 15.9 Å². The van der Waals surface area contributed by atoms with E-state index in [1.165, 1.54) is 6.07 Å². The Hall–Kier alpha value is -0.450. The van der Waals surface area contributed by atoms with Crippen molar-refractivity contribution in [2.45, 2.75) is 26.0 Å². The maximum Gasteiger partial charge on any atom is 0.130 e. The average Bonchev–Trinajstić information content (AvgIpc) is 2.10. The largest absolute Gasteiger partial charge is 0.380 e. The van der Waals surface area contributed by atoms with Crippen molar-refractivity contribution in [3.63, 3.8) is 0 Å². The third kappa shape index (κ3) is 3.55. The molecule has 0 aliphatic rings. The number of rotatable bonds is 4. The Morgan fingerprint density at radius 2 is 2.20 bits per heavy atom. The second kappa shape index (κ2) is 5.58. The molecule has 0 saturated heterocycles. The summed E-state index contributed by atoms with van der Waals surface area (Å²) in [5.74, 6) is -0.248. The van der Waals surface area contributed by atoms with Gasteiger partial charge in [0.2, 0.25) is 0 Å². The number of hydrogen-bond acceptors (Lipinski definition) is 2. The first kappa shape index (κ1) is 12.6. The Bertz CT molecular complexity index is 318. The van der Waals surface area contributed by atoms with Crippen molar-refractivity contribution >= 4 is 15.9 Å². The van der Waals surface area contributed by atoms with E-state index in [-0.39, 0.29) is 18.5 Å². The average molecular weight is 276 g/mol. The Labute approximate surface area is 97.7 Å². The molecule has 84 valence electrons. The highest BCUT2D eigenvalue weighted by Gasteiger charge is 2.09. The SMILES string of the molecule is COCc1c(F)cc(CC(C)N)cc1Br. The van der Waals surface area contributed by atoms with Gasteiger partial charge >= 0.3 is 0 Å². The van der Waals surface area contributed by atoms with Gasteiger partial charge in [0.15, 0.2) is 0 Å². The molecule has 1 rings (SSSR count). The van der Waals surface area contributed by atoms with Gasteiger partial charge in [-0.05, 0) is 31.0 Å². The number of ether oxygens (including phenoxy) is 1. The Kier molecular flexibility index (Phi) is 4.70. The molecule has 2 nitrogen and oxygen atoms in total. The van der Waals surface area contributed by atoms with Crippen LogP contribution >= 0.6 is 15.9 Å². The minimum Gasteiger partial charge on any atom is -0.380 e. The zero-order valence-corrected chi connectivity index (χ0v) is 10.5. The predicted molar refractivity (Wildman–Crippen MR) is 62.2 cm³/mol. The first-order valence-electron chi connectivity index (χ1n) is 4.76. The second-order valence-electron chi connectivity index (χ2n) is 3.65. The van der Waals surface area contributed by atoms with Gasteiger partial charge in [0.1, 0.15) is 5.82 Å². The van der Waals surface area contributed by atoms with Crippen LogP contribution in [0.15, 0.2) is 16.6 Å². The van der Waals surface area contributed by atoms with Crippen LogP contribution in [0.3, 0.4) is 0 Å². The van der Waals surface area contributed by atoms with Gasteiger partial charge in [0.25, 0.3) is 0 Å². The summed E-state index contributed by atoms with van der Waals surface area (Å²) in [5.41, 5.74) is 7.10. The first-order chi connectivity index (χ1) is 7.04. The van der Waals surface area contributed by atoms with E-state index in [0.717, 1.165) is 10.0 Å². The molecule has 0 heterocycles. The molecule has 0 amide bonds. The lowest BCUT2D eigenvalue weighted by molar-refractivity contribution is 0.181. The van der Waals surface area contributed by atoms with E-state index in [9.17, 15) is 4.39 Å². The molecule has 0 fully saturated rings. The molecule has 1 unspecified atom stereocenters. The fourth-order valence-corrected chi connectivity index (χ4v) is 2.03. The van der Waals surface area contributed by atoms with E-state index in [0.29, 0.717) is 12.0 Å². The topological polar surface area (TPSA) is 35.2 Å². The first-order valence-corrected chi connectivity index (χ1v) is 5.55. The van der Waals surface area contributed by atoms with Gasteiger partial charge in [0.05, 0.1) is 6.61 Å². The molecule has 0 aliphatic heterocycles. The molecule has 15 heavy (non-hydrogen) atoms. The van der Waals surface area contributed by atoms with Crippen LogP contribution in [0, 0.1) is 5.82 Å². The number of hydrogen-bond donors (Lipinski definition) is 1. The summed E-state index contributed by atoms with van der Waals surface area (Å²) in [6.45, 7) is 2.17. The fourth-order valence-electron chi connectivity index (χ4n) is 1.43. The zero-order chi connectivity index (χ0) is 11.4. The molecule has 0 saturated carbocycles. The molecule has 0 aromatic heterocycles. The summed E-state index contributed by atoms with van der Waals surface area (Å²) in [5, 5.41) is 0. The van der Waals surface area contributed by atoms with Crippen molar-refractivity contribution in [1.82, 2.24) is 0 Å². The maximum absolute atomic E-state index is 13.6. The lowest BCUT2D eigenvalue weighted by Gasteiger charge is -2.10. The smallest absolute Gasteiger partial charge is 0.130 e. The summed E-state index contributed by atoms with van der Waals surface area (Å²) in [4.78, 5) is 0. The van der Waals surface area contributed by atoms with E-state index in [2.05, 4.69) is 15.9 Å². The van der Waals surface area contributed by atoms with Gasteiger partial charge in [-0.25, -0.2) is 4.39 Å². The zero-order valence-electron chi connectivity index (χ0n) is 8.89. The monoisotopic (exact) mass is 275 g/mol. The van der Waals surface area contributed by atoms with Gasteiger partial charge < -0.3 is 10.5 Å². The van der Waals surface area contributed by atoms with Crippen LogP contribution < -0.4 is 5.73 Å². The lowest BCUT2D eigenvalue weighted by Crippen LogP contribution is -2.18. The minimum absolute atomic E-state index is 0.0320. The summed E-state index contributed by atoms with van der Waals surface area (Å²) >= 11 is 3.33. The Morgan fingerprint density at radius 1 is 1.53 bits per heavy atom. The van der Waals surface area contributed by atoms with E-state index in [1.54, 1.807) is 7.11 Å². The molecule has 1 aromatic rings. The molecule has 0 bridgehead atoms. The van der Waals surface area contributed by atoms with Crippen molar-refractivity contribution in [2.24, 2.45) is 5.73 Å². The third-order valence-corrected chi connectivity index (χ3v) is 2.75. The molecule has 0 aliphatic carbocycles. The Morgan fingerprint density at radius 3 is 2.67 bits per heavy atom. The van der Waals surface area contributed by atoms with Crippen LogP contribution in [0.2, 0.25) is 0 Å².